The van der Waals surface area contributed by atoms with Gasteiger partial charge in [-0.3, -0.25) is 0 Å². The number of hydrogen-bond donors (Lipinski definition) is 0. The molecule has 145 heavy (non-hydrogen) atoms. The number of nitrogens with zero attached hydrogens (tertiary/aromatic N) is 16. The Morgan fingerprint density at radius 3 is 0.966 bits per heavy atom. The number of aromatic nitrogens is 16. The van der Waals surface area contributed by atoms with Crippen LogP contribution in [0.15, 0.2) is 274 Å². The molecule has 0 N–H and O–H groups in total. The zero-order chi connectivity index (χ0) is 105. The van der Waals surface area contributed by atoms with Gasteiger partial charge < -0.3 is 9.13 Å². The maximum Gasteiger partial charge on any atom is 0.563 e. The molecule has 18 aromatic rings. The van der Waals surface area contributed by atoms with Gasteiger partial charge in [-0.25, -0.2) is 23.7 Å². The number of para-hydroxylation sites is 7. The highest BCUT2D eigenvalue weighted by molar-refractivity contribution is 5.80. The first-order chi connectivity index (χ1) is 68.6. The number of benzene rings is 10. The highest BCUT2D eigenvalue weighted by atomic mass is 15.5. The molecule has 0 amide bonds. The normalized spacial score (nSPS) is 12.3. The van der Waals surface area contributed by atoms with E-state index in [0.29, 0.717) is 47.3 Å². The van der Waals surface area contributed by atoms with E-state index in [4.69, 9.17) is 4.98 Å². The van der Waals surface area contributed by atoms with Crippen molar-refractivity contribution in [3.63, 3.8) is 0 Å². The SMILES string of the molecule is Cc1ccccc1C(C)(C)c1c[n+](-c2c(C(C)C)cccc2C(C)C)c(-[n+]2cc3ccccc3n2C)n1C.Cc1ccccc1C(C)(C)c1c[n+](-c2c(C(C)C)cccc2C(C)C)c(-c2cnc(C)n2C)n1C.Cc1ccccc1C(C)(C)c1c[n+](-c2c(C(C)C)cccc2C(C)C)c(-c2nc3ccccc3n2C)n1C.Cc1ccccc1C(C)(C)c1c[n+](-c2c(C(C)C)cccc2C(C)C)c(-n2ccc[n+]2C)n1C. The molecule has 0 fully saturated rings. The zero-order valence-corrected chi connectivity index (χ0v) is 94.3. The summed E-state index contributed by atoms with van der Waals surface area (Å²) in [5.74, 6) is 9.68. The van der Waals surface area contributed by atoms with Gasteiger partial charge >= 0.3 is 23.5 Å². The first-order valence-corrected chi connectivity index (χ1v) is 52.7. The van der Waals surface area contributed by atoms with Gasteiger partial charge in [0.15, 0.2) is 47.9 Å². The molecule has 16 nitrogen and oxygen atoms in total. The lowest BCUT2D eigenvalue weighted by molar-refractivity contribution is -0.787. The fourth-order valence-corrected chi connectivity index (χ4v) is 23.1. The van der Waals surface area contributed by atoms with E-state index >= 15 is 0 Å². The summed E-state index contributed by atoms with van der Waals surface area (Å²) in [6.07, 6.45) is 18.0. The molecule has 0 unspecified atom stereocenters. The predicted octanol–water partition coefficient (Wildman–Crippen LogP) is 27.4. The van der Waals surface area contributed by atoms with E-state index < -0.39 is 0 Å². The minimum absolute atomic E-state index is 0.170. The molecule has 0 atom stereocenters. The molecule has 0 aliphatic heterocycles. The quantitative estimate of drug-likeness (QED) is 0.0564. The van der Waals surface area contributed by atoms with Crippen LogP contribution in [0.2, 0.25) is 0 Å². The standard InChI is InChI=1S/C34H42N4.C34H41N4.C31H41N4.C30H40N4/c1-23(2)27-17-14-18-28(24(3)4)32(27)37-22-31(34(6,7)29-19-12-10-15-25(29)5)35(8)33(37)38-21-26-16-11-13-20-30(26)36(38)9;1-22(2)25-16-14-17-26(23(3)4)31(25)38-21-30(34(6,7)27-18-11-10-15-24(27)5)37(9)33(38)32-35-28-19-12-13-20-29(28)36(32)8;1-20(2)24-15-13-16-25(21(3)4)29(24)35-19-28(31(7,8)26-17-12-11-14-22(26)5)34(10)30(35)27-18-32-23(6)33(27)9;1-21(2)24-15-12-16-25(22(3)4)28(24)33-20-27(30(6,7)26-17-11-10-14-23(26)5)32(9)29(33)34-19-13-18-31(34)8/h10-24H,1-9H3;10-23H,1-9H3;11-21H,1-10H3;10-22H,1-9H3/q+2;2*+1;+2. The molecular weight excluding hydrogens is 1770 g/mol. The molecule has 0 saturated carbocycles. The number of hydrogen-bond acceptors (Lipinski definition) is 2. The van der Waals surface area contributed by atoms with Crippen LogP contribution in [-0.4, -0.2) is 46.7 Å². The van der Waals surface area contributed by atoms with E-state index in [9.17, 15) is 0 Å². The van der Waals surface area contributed by atoms with E-state index in [-0.39, 0.29) is 21.7 Å². The highest BCUT2D eigenvalue weighted by Crippen LogP contribution is 2.44. The van der Waals surface area contributed by atoms with Gasteiger partial charge in [0.05, 0.1) is 72.6 Å². The number of fused-ring (bicyclic) bond motifs is 2. The zero-order valence-electron chi connectivity index (χ0n) is 94.3. The third kappa shape index (κ3) is 19.6. The van der Waals surface area contributed by atoms with E-state index in [1.54, 1.807) is 0 Å². The van der Waals surface area contributed by atoms with Crippen LogP contribution in [0.25, 0.3) is 79.7 Å². The van der Waals surface area contributed by atoms with Crippen LogP contribution < -0.4 is 27.6 Å². The molecule has 8 heterocycles. The molecular formula is C129H164N16+6. The van der Waals surface area contributed by atoms with E-state index in [1.165, 1.54) is 145 Å². The van der Waals surface area contributed by atoms with Crippen molar-refractivity contribution in [2.45, 2.75) is 270 Å². The van der Waals surface area contributed by atoms with Crippen LogP contribution in [0.3, 0.4) is 0 Å². The molecule has 0 bridgehead atoms. The first-order valence-electron chi connectivity index (χ1n) is 52.7. The molecule has 18 rings (SSSR count). The lowest BCUT2D eigenvalue weighted by Gasteiger charge is -2.25. The van der Waals surface area contributed by atoms with Crippen molar-refractivity contribution in [1.29, 1.82) is 0 Å². The van der Waals surface area contributed by atoms with Crippen LogP contribution in [0.5, 0.6) is 0 Å². The van der Waals surface area contributed by atoms with Crippen molar-refractivity contribution in [3.05, 3.63) is 392 Å². The van der Waals surface area contributed by atoms with Crippen molar-refractivity contribution in [2.24, 2.45) is 56.4 Å². The number of aryl methyl sites for hydroxylation is 8. The summed E-state index contributed by atoms with van der Waals surface area (Å²) in [4.78, 5) is 9.85. The Hall–Kier alpha value is -13.6. The van der Waals surface area contributed by atoms with Gasteiger partial charge in [-0.05, 0) is 222 Å². The number of rotatable bonds is 24. The topological polar surface area (TPSA) is 88.5 Å². The Balaban J connectivity index is 0.000000145. The van der Waals surface area contributed by atoms with Gasteiger partial charge in [-0.15, -0.1) is 4.57 Å². The molecule has 16 heteroatoms. The molecule has 0 aliphatic carbocycles. The van der Waals surface area contributed by atoms with Crippen molar-refractivity contribution in [3.8, 4) is 57.8 Å². The summed E-state index contributed by atoms with van der Waals surface area (Å²) in [6, 6.07) is 81.4. The van der Waals surface area contributed by atoms with Gasteiger partial charge in [-0.1, -0.05) is 310 Å². The minimum Gasteiger partial charge on any atom is -0.325 e. The maximum atomic E-state index is 5.19. The lowest BCUT2D eigenvalue weighted by atomic mass is 9.79. The summed E-state index contributed by atoms with van der Waals surface area (Å²) in [5, 5.41) is 1.23. The summed E-state index contributed by atoms with van der Waals surface area (Å²) < 4.78 is 32.7. The average molecular weight is 1940 g/mol. The molecule has 0 radical (unpaired) electrons. The maximum absolute atomic E-state index is 5.19. The number of imidazole rings is 6. The van der Waals surface area contributed by atoms with Crippen LogP contribution in [-0.2, 0) is 78.0 Å². The van der Waals surface area contributed by atoms with Crippen LogP contribution >= 0.6 is 0 Å². The average Bonchev–Trinajstić information content (AvgIpc) is 1.58. The smallest absolute Gasteiger partial charge is 0.325 e. The third-order valence-electron chi connectivity index (χ3n) is 31.3. The predicted molar refractivity (Wildman–Crippen MR) is 599 cm³/mol. The summed E-state index contributed by atoms with van der Waals surface area (Å²) in [7, 11) is 17.3. The van der Waals surface area contributed by atoms with Crippen molar-refractivity contribution in [2.75, 3.05) is 0 Å². The second kappa shape index (κ2) is 41.9. The molecule has 754 valence electrons. The Labute approximate surface area is 866 Å². The van der Waals surface area contributed by atoms with Crippen molar-refractivity contribution in [1.82, 2.24) is 46.7 Å². The van der Waals surface area contributed by atoms with E-state index in [1.807, 2.05) is 6.20 Å². The highest BCUT2D eigenvalue weighted by Gasteiger charge is 2.47. The molecule has 0 saturated heterocycles. The third-order valence-corrected chi connectivity index (χ3v) is 31.3. The summed E-state index contributed by atoms with van der Waals surface area (Å²) >= 11 is 0. The van der Waals surface area contributed by atoms with E-state index in [0.717, 1.165) is 51.9 Å². The molecule has 8 aromatic heterocycles. The van der Waals surface area contributed by atoms with Gasteiger partial charge in [-0.2, -0.15) is 23.0 Å². The van der Waals surface area contributed by atoms with Crippen LogP contribution in [0.4, 0.5) is 0 Å². The van der Waals surface area contributed by atoms with Crippen molar-refractivity contribution < 1.29 is 27.6 Å². The van der Waals surface area contributed by atoms with Crippen LogP contribution in [0, 0.1) is 34.6 Å². The Morgan fingerprint density at radius 2 is 0.614 bits per heavy atom. The fraction of sp³-hybridized carbons (Fsp3) is 0.380. The molecule has 0 spiro atoms. The Morgan fingerprint density at radius 1 is 0.297 bits per heavy atom. The molecule has 0 aliphatic rings. The second-order valence-corrected chi connectivity index (χ2v) is 45.4. The minimum atomic E-state index is -0.213. The lowest BCUT2D eigenvalue weighted by Crippen LogP contribution is -2.52. The van der Waals surface area contributed by atoms with Gasteiger partial charge in [0.25, 0.3) is 0 Å². The monoisotopic (exact) mass is 1940 g/mol. The van der Waals surface area contributed by atoms with Crippen molar-refractivity contribution >= 4 is 21.9 Å². The van der Waals surface area contributed by atoms with Crippen LogP contribution in [0.1, 0.15) is 331 Å². The van der Waals surface area contributed by atoms with Gasteiger partial charge in [0, 0.05) is 63.6 Å². The fourth-order valence-electron chi connectivity index (χ4n) is 23.1. The Bertz CT molecular complexity index is 7400. The second-order valence-electron chi connectivity index (χ2n) is 45.4. The largest absolute Gasteiger partial charge is 0.563 e. The summed E-state index contributed by atoms with van der Waals surface area (Å²) in [5.41, 5.74) is 35.5. The first kappa shape index (κ1) is 106. The van der Waals surface area contributed by atoms with Gasteiger partial charge in [0.2, 0.25) is 12.0 Å². The van der Waals surface area contributed by atoms with E-state index in [2.05, 4.69) is 594 Å². The molecule has 10 aromatic carbocycles. The summed E-state index contributed by atoms with van der Waals surface area (Å²) in [6.45, 7) is 66.4. The van der Waals surface area contributed by atoms with Gasteiger partial charge in [0.1, 0.15) is 60.4 Å². The Kier molecular flexibility index (Phi) is 30.5.